The van der Waals surface area contributed by atoms with Crippen LogP contribution in [0.4, 0.5) is 24.0 Å². The largest absolute Gasteiger partial charge is 0.437 e. The number of pyridine rings is 1. The number of para-hydroxylation sites is 1. The first-order valence-corrected chi connectivity index (χ1v) is 12.5. The number of ether oxygens (including phenoxy) is 1. The Morgan fingerprint density at radius 2 is 1.87 bits per heavy atom. The smallest absolute Gasteiger partial charge is 0.416 e. The van der Waals surface area contributed by atoms with Gasteiger partial charge in [0, 0.05) is 30.4 Å². The number of nitrogens with one attached hydrogen (secondary N) is 2. The molecule has 198 valence electrons. The third-order valence-corrected chi connectivity index (χ3v) is 6.58. The van der Waals surface area contributed by atoms with Gasteiger partial charge in [-0.05, 0) is 43.3 Å². The van der Waals surface area contributed by atoms with E-state index in [2.05, 4.69) is 30.6 Å². The fraction of sp³-hybridized carbons (Fsp3) is 0.148. The summed E-state index contributed by atoms with van der Waals surface area (Å²) in [6.07, 6.45) is -1.62. The van der Waals surface area contributed by atoms with Crippen LogP contribution in [0.1, 0.15) is 31.1 Å². The Morgan fingerprint density at radius 1 is 1.03 bits per heavy atom. The molecule has 3 heterocycles. The van der Waals surface area contributed by atoms with E-state index in [4.69, 9.17) is 4.74 Å². The van der Waals surface area contributed by atoms with Crippen LogP contribution in [0.5, 0.6) is 11.6 Å². The van der Waals surface area contributed by atoms with E-state index in [0.717, 1.165) is 16.8 Å². The second-order valence-electron chi connectivity index (χ2n) is 8.53. The molecule has 8 nitrogen and oxygen atoms in total. The van der Waals surface area contributed by atoms with E-state index in [1.54, 1.807) is 36.5 Å². The molecule has 0 radical (unpaired) electrons. The van der Waals surface area contributed by atoms with Crippen LogP contribution in [0.25, 0.3) is 21.5 Å². The average Bonchev–Trinajstić information content (AvgIpc) is 3.31. The van der Waals surface area contributed by atoms with Crippen LogP contribution >= 0.6 is 11.3 Å². The van der Waals surface area contributed by atoms with Crippen molar-refractivity contribution in [3.8, 4) is 22.9 Å². The third kappa shape index (κ3) is 5.96. The van der Waals surface area contributed by atoms with Gasteiger partial charge < -0.3 is 15.4 Å². The standard InChI is InChI=1S/C27H21F3N6O2S/c1-15(19-6-3-4-11-31-19)34-21-12-17(27(28,29)30)9-10-18(21)20-13-24(33-14-32-20)38-22-7-5-8-23-25(22)36-26(39-23)35-16(2)37/h3-15,34H,1-2H3,(H,35,36,37). The molecule has 0 fully saturated rings. The summed E-state index contributed by atoms with van der Waals surface area (Å²) in [6, 6.07) is 15.3. The van der Waals surface area contributed by atoms with Gasteiger partial charge in [-0.1, -0.05) is 29.5 Å². The molecule has 5 aromatic rings. The number of amides is 1. The fourth-order valence-electron chi connectivity index (χ4n) is 3.87. The van der Waals surface area contributed by atoms with Gasteiger partial charge in [0.25, 0.3) is 0 Å². The van der Waals surface area contributed by atoms with Gasteiger partial charge in [-0.25, -0.2) is 15.0 Å². The van der Waals surface area contributed by atoms with E-state index in [0.29, 0.717) is 33.3 Å². The summed E-state index contributed by atoms with van der Waals surface area (Å²) < 4.78 is 47.5. The van der Waals surface area contributed by atoms with Crippen molar-refractivity contribution in [3.05, 3.63) is 84.4 Å². The Labute approximate surface area is 224 Å². The van der Waals surface area contributed by atoms with Crippen molar-refractivity contribution >= 4 is 38.3 Å². The summed E-state index contributed by atoms with van der Waals surface area (Å²) in [5, 5.41) is 6.23. The van der Waals surface area contributed by atoms with Crippen molar-refractivity contribution in [2.24, 2.45) is 0 Å². The maximum absolute atomic E-state index is 13.6. The number of hydrogen-bond acceptors (Lipinski definition) is 8. The number of hydrogen-bond donors (Lipinski definition) is 2. The number of nitrogens with zero attached hydrogens (tertiary/aromatic N) is 4. The van der Waals surface area contributed by atoms with Gasteiger partial charge in [0.2, 0.25) is 11.8 Å². The highest BCUT2D eigenvalue weighted by molar-refractivity contribution is 7.22. The van der Waals surface area contributed by atoms with Crippen molar-refractivity contribution in [1.29, 1.82) is 0 Å². The summed E-state index contributed by atoms with van der Waals surface area (Å²) >= 11 is 1.30. The van der Waals surface area contributed by atoms with Gasteiger partial charge in [0.15, 0.2) is 10.9 Å². The molecule has 5 rings (SSSR count). The summed E-state index contributed by atoms with van der Waals surface area (Å²) in [6.45, 7) is 3.21. The quantitative estimate of drug-likeness (QED) is 0.223. The zero-order chi connectivity index (χ0) is 27.6. The van der Waals surface area contributed by atoms with E-state index in [1.165, 1.54) is 30.7 Å². The molecular weight excluding hydrogens is 529 g/mol. The Morgan fingerprint density at radius 3 is 2.62 bits per heavy atom. The summed E-state index contributed by atoms with van der Waals surface area (Å²) in [5.74, 6) is 0.333. The topological polar surface area (TPSA) is 102 Å². The molecule has 1 amide bonds. The van der Waals surface area contributed by atoms with Crippen molar-refractivity contribution < 1.29 is 22.7 Å². The van der Waals surface area contributed by atoms with Crippen LogP contribution in [-0.4, -0.2) is 25.8 Å². The lowest BCUT2D eigenvalue weighted by Crippen LogP contribution is -2.11. The minimum absolute atomic E-state index is 0.171. The molecule has 0 aliphatic heterocycles. The summed E-state index contributed by atoms with van der Waals surface area (Å²) in [5.41, 5.74) is 1.42. The van der Waals surface area contributed by atoms with Crippen molar-refractivity contribution in [2.75, 3.05) is 10.6 Å². The Balaban J connectivity index is 1.49. The van der Waals surface area contributed by atoms with Gasteiger partial charge in [0.1, 0.15) is 11.8 Å². The lowest BCUT2D eigenvalue weighted by molar-refractivity contribution is -0.137. The second-order valence-corrected chi connectivity index (χ2v) is 9.56. The summed E-state index contributed by atoms with van der Waals surface area (Å²) in [4.78, 5) is 28.6. The molecule has 0 aliphatic carbocycles. The van der Waals surface area contributed by atoms with Crippen LogP contribution in [-0.2, 0) is 11.0 Å². The van der Waals surface area contributed by atoms with E-state index < -0.39 is 11.7 Å². The molecule has 12 heteroatoms. The molecule has 2 aromatic carbocycles. The Kier molecular flexibility index (Phi) is 7.11. The van der Waals surface area contributed by atoms with Crippen LogP contribution in [0.3, 0.4) is 0 Å². The highest BCUT2D eigenvalue weighted by atomic mass is 32.1. The van der Waals surface area contributed by atoms with Gasteiger partial charge >= 0.3 is 6.18 Å². The average molecular weight is 551 g/mol. The zero-order valence-corrected chi connectivity index (χ0v) is 21.5. The molecule has 0 spiro atoms. The first kappa shape index (κ1) is 26.0. The number of aromatic nitrogens is 4. The predicted molar refractivity (Wildman–Crippen MR) is 143 cm³/mol. The van der Waals surface area contributed by atoms with E-state index in [-0.39, 0.29) is 23.5 Å². The second kappa shape index (κ2) is 10.7. The minimum Gasteiger partial charge on any atom is -0.437 e. The number of anilines is 2. The normalized spacial score (nSPS) is 12.2. The number of thiazole rings is 1. The van der Waals surface area contributed by atoms with Crippen molar-refractivity contribution in [3.63, 3.8) is 0 Å². The van der Waals surface area contributed by atoms with Gasteiger partial charge in [-0.2, -0.15) is 13.2 Å². The molecule has 0 saturated carbocycles. The third-order valence-electron chi connectivity index (χ3n) is 5.65. The SMILES string of the molecule is CC(=O)Nc1nc2c(Oc3cc(-c4ccc(C(F)(F)F)cc4NC(C)c4ccccn4)ncn3)cccc2s1. The molecule has 3 aromatic heterocycles. The number of rotatable bonds is 7. The molecular formula is C27H21F3N6O2S. The molecule has 0 bridgehead atoms. The highest BCUT2D eigenvalue weighted by Crippen LogP contribution is 2.38. The van der Waals surface area contributed by atoms with Crippen LogP contribution in [0.2, 0.25) is 0 Å². The number of carbonyl (C=O) groups excluding carboxylic acids is 1. The first-order chi connectivity index (χ1) is 18.7. The fourth-order valence-corrected chi connectivity index (χ4v) is 4.80. The predicted octanol–water partition coefficient (Wildman–Crippen LogP) is 7.09. The maximum Gasteiger partial charge on any atom is 0.416 e. The van der Waals surface area contributed by atoms with Gasteiger partial charge in [-0.15, -0.1) is 0 Å². The van der Waals surface area contributed by atoms with Crippen molar-refractivity contribution in [2.45, 2.75) is 26.1 Å². The van der Waals surface area contributed by atoms with E-state index in [9.17, 15) is 18.0 Å². The van der Waals surface area contributed by atoms with Crippen LogP contribution < -0.4 is 15.4 Å². The van der Waals surface area contributed by atoms with E-state index in [1.807, 2.05) is 19.1 Å². The Hall–Kier alpha value is -4.58. The number of alkyl halides is 3. The molecule has 0 aliphatic rings. The first-order valence-electron chi connectivity index (χ1n) is 11.7. The lowest BCUT2D eigenvalue weighted by Gasteiger charge is -2.19. The Bertz CT molecular complexity index is 1640. The number of benzene rings is 2. The van der Waals surface area contributed by atoms with Gasteiger partial charge in [-0.3, -0.25) is 9.78 Å². The summed E-state index contributed by atoms with van der Waals surface area (Å²) in [7, 11) is 0. The van der Waals surface area contributed by atoms with E-state index >= 15 is 0 Å². The molecule has 39 heavy (non-hydrogen) atoms. The molecule has 1 unspecified atom stereocenters. The number of carbonyl (C=O) groups is 1. The van der Waals surface area contributed by atoms with Gasteiger partial charge in [0.05, 0.1) is 27.7 Å². The monoisotopic (exact) mass is 550 g/mol. The lowest BCUT2D eigenvalue weighted by atomic mass is 10.0. The molecule has 0 saturated heterocycles. The molecule has 2 N–H and O–H groups in total. The van der Waals surface area contributed by atoms with Crippen LogP contribution in [0.15, 0.2) is 73.2 Å². The zero-order valence-electron chi connectivity index (χ0n) is 20.7. The van der Waals surface area contributed by atoms with Crippen LogP contribution in [0, 0.1) is 0 Å². The highest BCUT2D eigenvalue weighted by Gasteiger charge is 2.31. The number of fused-ring (bicyclic) bond motifs is 1. The molecule has 1 atom stereocenters. The maximum atomic E-state index is 13.6. The minimum atomic E-state index is -4.52. The van der Waals surface area contributed by atoms with Crippen molar-refractivity contribution in [1.82, 2.24) is 19.9 Å². The number of halogens is 3.